The van der Waals surface area contributed by atoms with Gasteiger partial charge < -0.3 is 14.8 Å². The van der Waals surface area contributed by atoms with Crippen LogP contribution in [0.4, 0.5) is 0 Å². The van der Waals surface area contributed by atoms with Crippen molar-refractivity contribution in [3.63, 3.8) is 0 Å². The van der Waals surface area contributed by atoms with Crippen molar-refractivity contribution in [2.75, 3.05) is 39.5 Å². The summed E-state index contributed by atoms with van der Waals surface area (Å²) in [6, 6.07) is 0. The van der Waals surface area contributed by atoms with Crippen molar-refractivity contribution in [2.24, 2.45) is 0 Å². The molecule has 0 aliphatic carbocycles. The van der Waals surface area contributed by atoms with E-state index in [0.717, 1.165) is 45.9 Å². The van der Waals surface area contributed by atoms with Gasteiger partial charge in [-0.3, -0.25) is 0 Å². The van der Waals surface area contributed by atoms with Crippen LogP contribution in [0.2, 0.25) is 0 Å². The first-order chi connectivity index (χ1) is 6.41. The fraction of sp³-hybridized carbons (Fsp3) is 1.00. The van der Waals surface area contributed by atoms with E-state index in [9.17, 15) is 0 Å². The molecule has 0 fully saturated rings. The van der Waals surface area contributed by atoms with Crippen molar-refractivity contribution in [1.29, 1.82) is 0 Å². The van der Waals surface area contributed by atoms with Gasteiger partial charge in [0.15, 0.2) is 0 Å². The summed E-state index contributed by atoms with van der Waals surface area (Å²) in [7, 11) is 0. The summed E-state index contributed by atoms with van der Waals surface area (Å²) in [4.78, 5) is 0. The Morgan fingerprint density at radius 3 is 2.23 bits per heavy atom. The molecular formula is C10H23NO2. The Labute approximate surface area is 81.8 Å². The Kier molecular flexibility index (Phi) is 11.8. The van der Waals surface area contributed by atoms with E-state index < -0.39 is 0 Å². The third-order valence-electron chi connectivity index (χ3n) is 1.72. The van der Waals surface area contributed by atoms with E-state index in [1.165, 1.54) is 6.42 Å². The minimum absolute atomic E-state index is 0.812. The van der Waals surface area contributed by atoms with Crippen LogP contribution in [0.3, 0.4) is 0 Å². The van der Waals surface area contributed by atoms with Crippen LogP contribution in [0.15, 0.2) is 0 Å². The molecule has 0 heterocycles. The van der Waals surface area contributed by atoms with Crippen molar-refractivity contribution in [2.45, 2.75) is 26.7 Å². The summed E-state index contributed by atoms with van der Waals surface area (Å²) in [6.07, 6.45) is 2.33. The van der Waals surface area contributed by atoms with Crippen LogP contribution in [0, 0.1) is 0 Å². The number of rotatable bonds is 10. The van der Waals surface area contributed by atoms with E-state index in [-0.39, 0.29) is 0 Å². The van der Waals surface area contributed by atoms with E-state index in [2.05, 4.69) is 5.32 Å². The summed E-state index contributed by atoms with van der Waals surface area (Å²) in [6.45, 7) is 9.43. The van der Waals surface area contributed by atoms with Crippen molar-refractivity contribution < 1.29 is 9.47 Å². The Morgan fingerprint density at radius 1 is 0.846 bits per heavy atom. The third-order valence-corrected chi connectivity index (χ3v) is 1.72. The molecule has 13 heavy (non-hydrogen) atoms. The molecule has 3 heteroatoms. The second kappa shape index (κ2) is 11.9. The SMILES string of the molecule is CCOCCCCNCCOCC. The average Bonchev–Trinajstić information content (AvgIpc) is 2.16. The van der Waals surface area contributed by atoms with Gasteiger partial charge in [-0.1, -0.05) is 0 Å². The Balaban J connectivity index is 2.76. The van der Waals surface area contributed by atoms with Gasteiger partial charge in [0.2, 0.25) is 0 Å². The van der Waals surface area contributed by atoms with Gasteiger partial charge in [0, 0.05) is 26.4 Å². The van der Waals surface area contributed by atoms with Gasteiger partial charge in [-0.25, -0.2) is 0 Å². The van der Waals surface area contributed by atoms with Gasteiger partial charge in [0.25, 0.3) is 0 Å². The maximum Gasteiger partial charge on any atom is 0.0590 e. The second-order valence-corrected chi connectivity index (χ2v) is 2.85. The molecule has 0 aromatic heterocycles. The lowest BCUT2D eigenvalue weighted by Gasteiger charge is -2.04. The smallest absolute Gasteiger partial charge is 0.0590 e. The molecule has 0 amide bonds. The Morgan fingerprint density at radius 2 is 1.54 bits per heavy atom. The first-order valence-corrected chi connectivity index (χ1v) is 5.28. The molecule has 0 atom stereocenters. The zero-order valence-electron chi connectivity index (χ0n) is 8.97. The van der Waals surface area contributed by atoms with Crippen LogP contribution in [0.1, 0.15) is 26.7 Å². The van der Waals surface area contributed by atoms with Crippen LogP contribution in [-0.4, -0.2) is 39.5 Å². The van der Waals surface area contributed by atoms with E-state index >= 15 is 0 Å². The van der Waals surface area contributed by atoms with Crippen LogP contribution in [0.5, 0.6) is 0 Å². The molecule has 0 aliphatic rings. The van der Waals surface area contributed by atoms with Crippen molar-refractivity contribution >= 4 is 0 Å². The van der Waals surface area contributed by atoms with Gasteiger partial charge in [-0.05, 0) is 33.2 Å². The minimum atomic E-state index is 0.812. The van der Waals surface area contributed by atoms with E-state index in [1.807, 2.05) is 13.8 Å². The first kappa shape index (κ1) is 12.9. The molecule has 0 saturated carbocycles. The van der Waals surface area contributed by atoms with Gasteiger partial charge in [-0.2, -0.15) is 0 Å². The summed E-state index contributed by atoms with van der Waals surface area (Å²) >= 11 is 0. The van der Waals surface area contributed by atoms with Gasteiger partial charge in [-0.15, -0.1) is 0 Å². The van der Waals surface area contributed by atoms with Gasteiger partial charge >= 0.3 is 0 Å². The normalized spacial score (nSPS) is 10.6. The summed E-state index contributed by atoms with van der Waals surface area (Å²) in [5.41, 5.74) is 0. The molecule has 0 radical (unpaired) electrons. The molecule has 0 bridgehead atoms. The molecule has 0 aromatic carbocycles. The molecule has 0 aliphatic heterocycles. The molecule has 0 saturated heterocycles. The number of hydrogen-bond donors (Lipinski definition) is 1. The highest BCUT2D eigenvalue weighted by atomic mass is 16.5. The summed E-state index contributed by atoms with van der Waals surface area (Å²) < 4.78 is 10.4. The summed E-state index contributed by atoms with van der Waals surface area (Å²) in [5.74, 6) is 0. The maximum atomic E-state index is 5.23. The molecule has 3 nitrogen and oxygen atoms in total. The molecule has 0 spiro atoms. The number of hydrogen-bond acceptors (Lipinski definition) is 3. The highest BCUT2D eigenvalue weighted by molar-refractivity contribution is 4.47. The molecule has 0 unspecified atom stereocenters. The minimum Gasteiger partial charge on any atom is -0.382 e. The fourth-order valence-corrected chi connectivity index (χ4v) is 1.01. The lowest BCUT2D eigenvalue weighted by Crippen LogP contribution is -2.21. The molecule has 1 N–H and O–H groups in total. The van der Waals surface area contributed by atoms with E-state index in [1.54, 1.807) is 0 Å². The predicted molar refractivity (Wildman–Crippen MR) is 55.1 cm³/mol. The monoisotopic (exact) mass is 189 g/mol. The summed E-state index contributed by atoms with van der Waals surface area (Å²) in [5, 5.41) is 3.32. The number of ether oxygens (including phenoxy) is 2. The second-order valence-electron chi connectivity index (χ2n) is 2.85. The average molecular weight is 189 g/mol. The van der Waals surface area contributed by atoms with Gasteiger partial charge in [0.1, 0.15) is 0 Å². The van der Waals surface area contributed by atoms with E-state index in [0.29, 0.717) is 0 Å². The van der Waals surface area contributed by atoms with Crippen LogP contribution in [0.25, 0.3) is 0 Å². The van der Waals surface area contributed by atoms with Crippen molar-refractivity contribution in [3.8, 4) is 0 Å². The van der Waals surface area contributed by atoms with E-state index in [4.69, 9.17) is 9.47 Å². The fourth-order valence-electron chi connectivity index (χ4n) is 1.01. The quantitative estimate of drug-likeness (QED) is 0.527. The Bertz CT molecular complexity index is 79.0. The third kappa shape index (κ3) is 11.9. The Hall–Kier alpha value is -0.120. The van der Waals surface area contributed by atoms with Gasteiger partial charge in [0.05, 0.1) is 6.61 Å². The predicted octanol–water partition coefficient (Wildman–Crippen LogP) is 1.43. The molecule has 80 valence electrons. The van der Waals surface area contributed by atoms with Crippen molar-refractivity contribution in [1.82, 2.24) is 5.32 Å². The largest absolute Gasteiger partial charge is 0.382 e. The number of unbranched alkanes of at least 4 members (excludes halogenated alkanes) is 1. The highest BCUT2D eigenvalue weighted by Crippen LogP contribution is 1.87. The van der Waals surface area contributed by atoms with Crippen molar-refractivity contribution in [3.05, 3.63) is 0 Å². The maximum absolute atomic E-state index is 5.23. The lowest BCUT2D eigenvalue weighted by molar-refractivity contribution is 0.141. The molecular weight excluding hydrogens is 166 g/mol. The molecule has 0 aromatic rings. The standard InChI is InChI=1S/C10H23NO2/c1-3-12-9-6-5-7-11-8-10-13-4-2/h11H,3-10H2,1-2H3. The first-order valence-electron chi connectivity index (χ1n) is 5.28. The number of nitrogens with one attached hydrogen (secondary N) is 1. The molecule has 0 rings (SSSR count). The highest BCUT2D eigenvalue weighted by Gasteiger charge is 1.89. The van der Waals surface area contributed by atoms with Crippen LogP contribution >= 0.6 is 0 Å². The van der Waals surface area contributed by atoms with Crippen LogP contribution in [-0.2, 0) is 9.47 Å². The van der Waals surface area contributed by atoms with Crippen LogP contribution < -0.4 is 5.32 Å². The lowest BCUT2D eigenvalue weighted by atomic mass is 10.3. The zero-order valence-corrected chi connectivity index (χ0v) is 8.97. The zero-order chi connectivity index (χ0) is 9.78. The topological polar surface area (TPSA) is 30.5 Å².